The molecule has 1 atom stereocenters. The summed E-state index contributed by atoms with van der Waals surface area (Å²) in [5.74, 6) is 0.171. The van der Waals surface area contributed by atoms with Gasteiger partial charge in [-0.2, -0.15) is 0 Å². The molecule has 1 fully saturated rings. The minimum Gasteiger partial charge on any atom is -0.344 e. The van der Waals surface area contributed by atoms with Gasteiger partial charge in [0.05, 0.1) is 5.41 Å². The van der Waals surface area contributed by atoms with Gasteiger partial charge in [0.15, 0.2) is 0 Å². The normalized spacial score (nSPS) is 31.1. The molecule has 1 saturated heterocycles. The van der Waals surface area contributed by atoms with E-state index < -0.39 is 0 Å². The summed E-state index contributed by atoms with van der Waals surface area (Å²) in [5, 5.41) is 0. The smallest absolute Gasteiger partial charge is 0.231 e. The Morgan fingerprint density at radius 2 is 2.30 bits per heavy atom. The summed E-state index contributed by atoms with van der Waals surface area (Å²) < 4.78 is 0. The Kier molecular flexibility index (Phi) is 2.68. The van der Waals surface area contributed by atoms with E-state index in [4.69, 9.17) is 5.73 Å². The van der Waals surface area contributed by atoms with Gasteiger partial charge in [0, 0.05) is 20.1 Å². The molecule has 10 heavy (non-hydrogen) atoms. The standard InChI is InChI=1S/C6H12N2O.ClH/c1-6(3-7)4-8(2)5(6)9;/h3-4,7H2,1-2H3;1H. The number of rotatable bonds is 1. The molecular formula is C6H13ClN2O. The highest BCUT2D eigenvalue weighted by atomic mass is 35.5. The van der Waals surface area contributed by atoms with E-state index in [2.05, 4.69) is 0 Å². The summed E-state index contributed by atoms with van der Waals surface area (Å²) in [5.41, 5.74) is 5.13. The van der Waals surface area contributed by atoms with Crippen molar-refractivity contribution in [2.75, 3.05) is 20.1 Å². The lowest BCUT2D eigenvalue weighted by atomic mass is 9.81. The van der Waals surface area contributed by atoms with Crippen LogP contribution in [0.1, 0.15) is 6.92 Å². The molecule has 0 aliphatic carbocycles. The average Bonchev–Trinajstić information content (AvgIpc) is 1.87. The van der Waals surface area contributed by atoms with Crippen LogP contribution in [0, 0.1) is 5.41 Å². The van der Waals surface area contributed by atoms with Gasteiger partial charge in [-0.05, 0) is 6.92 Å². The van der Waals surface area contributed by atoms with Crippen molar-refractivity contribution in [2.45, 2.75) is 6.92 Å². The van der Waals surface area contributed by atoms with E-state index in [-0.39, 0.29) is 23.7 Å². The lowest BCUT2D eigenvalue weighted by Crippen LogP contribution is -2.61. The maximum Gasteiger partial charge on any atom is 0.231 e. The van der Waals surface area contributed by atoms with Crippen molar-refractivity contribution in [3.05, 3.63) is 0 Å². The Morgan fingerprint density at radius 1 is 1.80 bits per heavy atom. The Hall–Kier alpha value is -0.280. The quantitative estimate of drug-likeness (QED) is 0.548. The van der Waals surface area contributed by atoms with Gasteiger partial charge < -0.3 is 10.6 Å². The first-order valence-electron chi connectivity index (χ1n) is 3.06. The zero-order valence-corrected chi connectivity index (χ0v) is 7.07. The summed E-state index contributed by atoms with van der Waals surface area (Å²) in [6, 6.07) is 0. The molecule has 60 valence electrons. The molecule has 1 heterocycles. The highest BCUT2D eigenvalue weighted by Crippen LogP contribution is 2.27. The summed E-state index contributed by atoms with van der Waals surface area (Å²) >= 11 is 0. The van der Waals surface area contributed by atoms with Crippen LogP contribution in [-0.4, -0.2) is 30.9 Å². The molecule has 0 radical (unpaired) electrons. The molecule has 1 amide bonds. The van der Waals surface area contributed by atoms with Crippen LogP contribution in [0.5, 0.6) is 0 Å². The Morgan fingerprint density at radius 3 is 2.40 bits per heavy atom. The van der Waals surface area contributed by atoms with Crippen molar-refractivity contribution < 1.29 is 4.79 Å². The molecular weight excluding hydrogens is 152 g/mol. The van der Waals surface area contributed by atoms with Crippen LogP contribution in [0.15, 0.2) is 0 Å². The number of hydrogen-bond donors (Lipinski definition) is 1. The fraction of sp³-hybridized carbons (Fsp3) is 0.833. The number of nitrogens with zero attached hydrogens (tertiary/aromatic N) is 1. The van der Waals surface area contributed by atoms with Crippen molar-refractivity contribution in [2.24, 2.45) is 11.1 Å². The molecule has 1 rings (SSSR count). The molecule has 0 aromatic rings. The number of nitrogens with two attached hydrogens (primary N) is 1. The highest BCUT2D eigenvalue weighted by Gasteiger charge is 2.44. The average molecular weight is 165 g/mol. The Bertz CT molecular complexity index is 151. The lowest BCUT2D eigenvalue weighted by molar-refractivity contribution is -0.154. The van der Waals surface area contributed by atoms with Crippen LogP contribution in [0.25, 0.3) is 0 Å². The van der Waals surface area contributed by atoms with Crippen molar-refractivity contribution in [3.63, 3.8) is 0 Å². The zero-order chi connectivity index (χ0) is 7.07. The van der Waals surface area contributed by atoms with Crippen LogP contribution in [0.2, 0.25) is 0 Å². The maximum atomic E-state index is 11.0. The van der Waals surface area contributed by atoms with Gasteiger partial charge in [-0.3, -0.25) is 4.79 Å². The number of likely N-dealkylation sites (tertiary alicyclic amines) is 1. The van der Waals surface area contributed by atoms with Gasteiger partial charge in [-0.25, -0.2) is 0 Å². The highest BCUT2D eigenvalue weighted by molar-refractivity contribution is 5.88. The molecule has 3 nitrogen and oxygen atoms in total. The maximum absolute atomic E-state index is 11.0. The first-order valence-corrected chi connectivity index (χ1v) is 3.06. The van der Waals surface area contributed by atoms with Crippen LogP contribution in [0.3, 0.4) is 0 Å². The third-order valence-electron chi connectivity index (χ3n) is 1.90. The van der Waals surface area contributed by atoms with E-state index in [1.54, 1.807) is 11.9 Å². The van der Waals surface area contributed by atoms with E-state index in [0.29, 0.717) is 6.54 Å². The van der Waals surface area contributed by atoms with E-state index in [1.165, 1.54) is 0 Å². The molecule has 1 aliphatic heterocycles. The Labute approximate surface area is 67.0 Å². The summed E-state index contributed by atoms with van der Waals surface area (Å²) in [4.78, 5) is 12.6. The predicted octanol–water partition coefficient (Wildman–Crippen LogP) is -0.155. The van der Waals surface area contributed by atoms with E-state index in [0.717, 1.165) is 6.54 Å². The fourth-order valence-electron chi connectivity index (χ4n) is 1.18. The van der Waals surface area contributed by atoms with Gasteiger partial charge in [0.1, 0.15) is 0 Å². The molecule has 4 heteroatoms. The molecule has 0 aromatic carbocycles. The van der Waals surface area contributed by atoms with Crippen LogP contribution >= 0.6 is 12.4 Å². The van der Waals surface area contributed by atoms with E-state index in [1.807, 2.05) is 6.92 Å². The lowest BCUT2D eigenvalue weighted by Gasteiger charge is -2.43. The van der Waals surface area contributed by atoms with Crippen molar-refractivity contribution in [1.82, 2.24) is 4.90 Å². The van der Waals surface area contributed by atoms with Gasteiger partial charge in [0.25, 0.3) is 0 Å². The molecule has 0 spiro atoms. The topological polar surface area (TPSA) is 46.3 Å². The third kappa shape index (κ3) is 1.11. The predicted molar refractivity (Wildman–Crippen MR) is 42.0 cm³/mol. The molecule has 0 saturated carbocycles. The fourth-order valence-corrected chi connectivity index (χ4v) is 1.18. The van der Waals surface area contributed by atoms with E-state index in [9.17, 15) is 4.79 Å². The van der Waals surface area contributed by atoms with E-state index >= 15 is 0 Å². The minimum atomic E-state index is -0.241. The van der Waals surface area contributed by atoms with Gasteiger partial charge in [-0.15, -0.1) is 12.4 Å². The number of carbonyl (C=O) groups excluding carboxylic acids is 1. The number of carbonyl (C=O) groups is 1. The monoisotopic (exact) mass is 164 g/mol. The number of β-lactam (4-membered cyclic amide) rings is 1. The Balaban J connectivity index is 0.000000810. The molecule has 0 bridgehead atoms. The second-order valence-electron chi connectivity index (χ2n) is 2.93. The molecule has 1 aliphatic rings. The number of halogens is 1. The first-order chi connectivity index (χ1) is 4.10. The molecule has 2 N–H and O–H groups in total. The van der Waals surface area contributed by atoms with Crippen molar-refractivity contribution in [1.29, 1.82) is 0 Å². The number of amides is 1. The van der Waals surface area contributed by atoms with Gasteiger partial charge >= 0.3 is 0 Å². The summed E-state index contributed by atoms with van der Waals surface area (Å²) in [7, 11) is 1.79. The largest absolute Gasteiger partial charge is 0.344 e. The first kappa shape index (κ1) is 9.72. The summed E-state index contributed by atoms with van der Waals surface area (Å²) in [6.45, 7) is 3.17. The molecule has 0 aromatic heterocycles. The molecule has 1 unspecified atom stereocenters. The van der Waals surface area contributed by atoms with Crippen LogP contribution in [-0.2, 0) is 4.79 Å². The second kappa shape index (κ2) is 2.76. The summed E-state index contributed by atoms with van der Waals surface area (Å²) in [6.07, 6.45) is 0. The minimum absolute atomic E-state index is 0. The van der Waals surface area contributed by atoms with Gasteiger partial charge in [-0.1, -0.05) is 0 Å². The zero-order valence-electron chi connectivity index (χ0n) is 6.26. The number of hydrogen-bond acceptors (Lipinski definition) is 2. The second-order valence-corrected chi connectivity index (χ2v) is 2.93. The van der Waals surface area contributed by atoms with Gasteiger partial charge in [0.2, 0.25) is 5.91 Å². The SMILES string of the molecule is CN1CC(C)(CN)C1=O.Cl. The van der Waals surface area contributed by atoms with Crippen molar-refractivity contribution in [3.8, 4) is 0 Å². The van der Waals surface area contributed by atoms with Crippen LogP contribution in [0.4, 0.5) is 0 Å². The van der Waals surface area contributed by atoms with Crippen molar-refractivity contribution >= 4 is 18.3 Å². The van der Waals surface area contributed by atoms with Crippen LogP contribution < -0.4 is 5.73 Å². The third-order valence-corrected chi connectivity index (χ3v) is 1.90.